The first-order chi connectivity index (χ1) is 9.18. The quantitative estimate of drug-likeness (QED) is 0.809. The normalized spacial score (nSPS) is 20.9. The van der Waals surface area contributed by atoms with Crippen molar-refractivity contribution in [1.29, 1.82) is 0 Å². The fourth-order valence-electron chi connectivity index (χ4n) is 1.64. The van der Waals surface area contributed by atoms with E-state index in [0.29, 0.717) is 5.56 Å². The van der Waals surface area contributed by atoms with Crippen molar-refractivity contribution in [3.8, 4) is 0 Å². The Labute approximate surface area is 120 Å². The summed E-state index contributed by atoms with van der Waals surface area (Å²) in [4.78, 5) is 15.8. The van der Waals surface area contributed by atoms with Gasteiger partial charge in [-0.2, -0.15) is 0 Å². The molecule has 1 fully saturated rings. The Bertz CT molecular complexity index is 530. The summed E-state index contributed by atoms with van der Waals surface area (Å²) in [5, 5.41) is 3.28. The van der Waals surface area contributed by atoms with E-state index in [1.165, 1.54) is 0 Å². The first-order valence-corrected chi connectivity index (χ1v) is 7.52. The second-order valence-corrected chi connectivity index (χ2v) is 7.06. The Balaban J connectivity index is 2.34. The Morgan fingerprint density at radius 1 is 1.30 bits per heavy atom. The molecule has 0 aromatic carbocycles. The van der Waals surface area contributed by atoms with Gasteiger partial charge in [-0.15, -0.1) is 0 Å². The van der Waals surface area contributed by atoms with E-state index in [1.807, 2.05) is 27.7 Å². The van der Waals surface area contributed by atoms with E-state index in [0.717, 1.165) is 5.30 Å². The molecule has 0 unspecified atom stereocenters. The number of carbonyl (C=O) groups is 1. The molecule has 0 saturated carbocycles. The van der Waals surface area contributed by atoms with Crippen molar-refractivity contribution < 1.29 is 13.8 Å². The largest absolute Gasteiger partial charge is 0.383 e. The molecular formula is C13H20N3O3P. The molecule has 7 heteroatoms. The van der Waals surface area contributed by atoms with Crippen LogP contribution in [0.3, 0.4) is 0 Å². The van der Waals surface area contributed by atoms with Gasteiger partial charge in [0.05, 0.1) is 16.8 Å². The van der Waals surface area contributed by atoms with Crippen molar-refractivity contribution in [3.63, 3.8) is 0 Å². The van der Waals surface area contributed by atoms with Crippen LogP contribution in [0.2, 0.25) is 0 Å². The van der Waals surface area contributed by atoms with Crippen LogP contribution < -0.4 is 16.4 Å². The van der Waals surface area contributed by atoms with Crippen LogP contribution >= 0.6 is 8.38 Å². The molecule has 1 aliphatic rings. The topological polar surface area (TPSA) is 86.5 Å². The second kappa shape index (κ2) is 4.95. The van der Waals surface area contributed by atoms with E-state index >= 15 is 0 Å². The zero-order valence-electron chi connectivity index (χ0n) is 12.4. The lowest BCUT2D eigenvalue weighted by molar-refractivity contribution is 0.00578. The first kappa shape index (κ1) is 15.2. The van der Waals surface area contributed by atoms with Gasteiger partial charge in [0.25, 0.3) is 5.91 Å². The van der Waals surface area contributed by atoms with Crippen molar-refractivity contribution in [2.45, 2.75) is 38.9 Å². The highest BCUT2D eigenvalue weighted by atomic mass is 31.2. The summed E-state index contributed by atoms with van der Waals surface area (Å²) in [6.45, 7) is 7.94. The molecule has 20 heavy (non-hydrogen) atoms. The molecule has 0 aliphatic carbocycles. The van der Waals surface area contributed by atoms with Crippen LogP contribution in [0.25, 0.3) is 0 Å². The number of amides is 1. The number of hydrogen-bond acceptors (Lipinski definition) is 5. The molecule has 0 atom stereocenters. The van der Waals surface area contributed by atoms with Crippen molar-refractivity contribution in [1.82, 2.24) is 10.3 Å². The Morgan fingerprint density at radius 3 is 2.35 bits per heavy atom. The molecule has 0 bridgehead atoms. The molecule has 3 N–H and O–H groups in total. The van der Waals surface area contributed by atoms with E-state index in [2.05, 4.69) is 10.3 Å². The van der Waals surface area contributed by atoms with Crippen molar-refractivity contribution in [2.24, 2.45) is 0 Å². The highest BCUT2D eigenvalue weighted by Crippen LogP contribution is 2.57. The number of nitrogens with two attached hydrogens (primary N) is 1. The van der Waals surface area contributed by atoms with E-state index in [4.69, 9.17) is 14.8 Å². The molecule has 1 saturated heterocycles. The SMILES string of the molecule is CNC(=O)c1cc(P2OC(C)(C)C(C)(C)O2)cnc1N. The molecule has 6 nitrogen and oxygen atoms in total. The molecule has 110 valence electrons. The number of rotatable bonds is 2. The Morgan fingerprint density at radius 2 is 1.85 bits per heavy atom. The summed E-state index contributed by atoms with van der Waals surface area (Å²) in [5.41, 5.74) is 5.24. The van der Waals surface area contributed by atoms with Crippen molar-refractivity contribution >= 4 is 25.4 Å². The van der Waals surface area contributed by atoms with Crippen LogP contribution in [0.4, 0.5) is 5.82 Å². The van der Waals surface area contributed by atoms with Gasteiger partial charge in [-0.05, 0) is 33.8 Å². The predicted molar refractivity (Wildman–Crippen MR) is 78.9 cm³/mol. The minimum absolute atomic E-state index is 0.195. The van der Waals surface area contributed by atoms with E-state index in [9.17, 15) is 4.79 Å². The lowest BCUT2D eigenvalue weighted by atomic mass is 9.90. The van der Waals surface area contributed by atoms with Crippen LogP contribution in [0, 0.1) is 0 Å². The van der Waals surface area contributed by atoms with Gasteiger partial charge in [-0.25, -0.2) is 4.98 Å². The molecule has 0 spiro atoms. The minimum Gasteiger partial charge on any atom is -0.383 e. The number of nitrogens with zero attached hydrogens (tertiary/aromatic N) is 1. The van der Waals surface area contributed by atoms with Gasteiger partial charge in [0.2, 0.25) is 8.38 Å². The van der Waals surface area contributed by atoms with Crippen LogP contribution in [0.1, 0.15) is 38.1 Å². The molecule has 0 radical (unpaired) electrons. The standard InChI is InChI=1S/C13H20N3O3P/c1-12(2)13(3,4)19-20(18-12)8-6-9(11(17)15-5)10(14)16-7-8/h6-7H,1-5H3,(H2,14,16)(H,15,17). The Kier molecular flexibility index (Phi) is 3.75. The van der Waals surface area contributed by atoms with Gasteiger partial charge in [-0.1, -0.05) is 0 Å². The van der Waals surface area contributed by atoms with Crippen LogP contribution in [-0.4, -0.2) is 29.1 Å². The smallest absolute Gasteiger partial charge is 0.254 e. The number of hydrogen-bond donors (Lipinski definition) is 2. The number of pyridine rings is 1. The monoisotopic (exact) mass is 297 g/mol. The number of anilines is 1. The zero-order valence-corrected chi connectivity index (χ0v) is 13.2. The third kappa shape index (κ3) is 2.51. The van der Waals surface area contributed by atoms with Crippen LogP contribution in [0.15, 0.2) is 12.3 Å². The van der Waals surface area contributed by atoms with Gasteiger partial charge >= 0.3 is 0 Å². The molecule has 1 amide bonds. The van der Waals surface area contributed by atoms with Crippen molar-refractivity contribution in [3.05, 3.63) is 17.8 Å². The molecule has 2 heterocycles. The third-order valence-corrected chi connectivity index (χ3v) is 5.57. The average Bonchev–Trinajstić information content (AvgIpc) is 2.58. The average molecular weight is 297 g/mol. The fraction of sp³-hybridized carbons (Fsp3) is 0.538. The maximum Gasteiger partial charge on any atom is 0.254 e. The lowest BCUT2D eigenvalue weighted by Crippen LogP contribution is -2.41. The summed E-state index contributed by atoms with van der Waals surface area (Å²) in [7, 11) is 0.278. The van der Waals surface area contributed by atoms with Gasteiger partial charge < -0.3 is 20.1 Å². The van der Waals surface area contributed by atoms with Crippen LogP contribution in [0.5, 0.6) is 0 Å². The number of nitrogen functional groups attached to an aromatic ring is 1. The highest BCUT2D eigenvalue weighted by Gasteiger charge is 2.50. The molecule has 1 aromatic rings. The first-order valence-electron chi connectivity index (χ1n) is 6.34. The highest BCUT2D eigenvalue weighted by molar-refractivity contribution is 7.56. The van der Waals surface area contributed by atoms with Gasteiger partial charge in [0.15, 0.2) is 0 Å². The number of carbonyl (C=O) groups excluding carboxylic acids is 1. The van der Waals surface area contributed by atoms with Gasteiger partial charge in [0, 0.05) is 18.5 Å². The predicted octanol–water partition coefficient (Wildman–Crippen LogP) is 1.56. The zero-order chi connectivity index (χ0) is 15.1. The number of aromatic nitrogens is 1. The summed E-state index contributed by atoms with van der Waals surface area (Å²) in [6, 6.07) is 1.68. The van der Waals surface area contributed by atoms with Crippen LogP contribution in [-0.2, 0) is 9.05 Å². The second-order valence-electron chi connectivity index (χ2n) is 5.67. The molecule has 2 rings (SSSR count). The summed E-state index contributed by atoms with van der Waals surface area (Å²) >= 11 is 0. The molecule has 1 aromatic heterocycles. The molecule has 1 aliphatic heterocycles. The Hall–Kier alpha value is -1.23. The van der Waals surface area contributed by atoms with E-state index in [-0.39, 0.29) is 11.7 Å². The maximum atomic E-state index is 11.8. The maximum absolute atomic E-state index is 11.8. The summed E-state index contributed by atoms with van der Waals surface area (Å²) < 4.78 is 12.0. The summed E-state index contributed by atoms with van der Waals surface area (Å²) in [6.07, 6.45) is 1.60. The fourth-order valence-corrected chi connectivity index (χ4v) is 3.54. The summed E-state index contributed by atoms with van der Waals surface area (Å²) in [5.74, 6) is -0.0783. The van der Waals surface area contributed by atoms with E-state index < -0.39 is 19.6 Å². The molecular weight excluding hydrogens is 277 g/mol. The lowest BCUT2D eigenvalue weighted by Gasteiger charge is -2.29. The van der Waals surface area contributed by atoms with Gasteiger partial charge in [-0.3, -0.25) is 4.79 Å². The van der Waals surface area contributed by atoms with Gasteiger partial charge in [0.1, 0.15) is 5.82 Å². The van der Waals surface area contributed by atoms with Crippen molar-refractivity contribution in [2.75, 3.05) is 12.8 Å². The number of nitrogens with one attached hydrogen (secondary N) is 1. The minimum atomic E-state index is -1.27. The third-order valence-electron chi connectivity index (χ3n) is 3.66. The van der Waals surface area contributed by atoms with E-state index in [1.54, 1.807) is 19.3 Å².